The second kappa shape index (κ2) is 20.3. The third-order valence-corrected chi connectivity index (χ3v) is 24.5. The lowest BCUT2D eigenvalue weighted by Crippen LogP contribution is -2.67. The molecule has 4 fully saturated rings. The quantitative estimate of drug-likeness (QED) is 0.0703. The van der Waals surface area contributed by atoms with E-state index in [-0.39, 0.29) is 71.1 Å². The van der Waals surface area contributed by atoms with Crippen LogP contribution in [0.5, 0.6) is 0 Å². The summed E-state index contributed by atoms with van der Waals surface area (Å²) in [5.41, 5.74) is 1.11. The molecule has 0 spiro atoms. The Morgan fingerprint density at radius 2 is 1.32 bits per heavy atom. The highest BCUT2D eigenvalue weighted by molar-refractivity contribution is 6.99. The average molecular weight is 945 g/mol. The topological polar surface area (TPSA) is 86.4 Å². The van der Waals surface area contributed by atoms with Gasteiger partial charge in [-0.3, -0.25) is 0 Å². The number of hydrogen-bond acceptors (Lipinski definition) is 9. The standard InChI is InChI=1S/C53H80O9Si3/c1-51(2,3)64(12,13)61-46-35-47-48(59-43(46)32-33-56-65(52(4,5)6,40-26-19-15-20-27-40)41-28-21-16-22-29-41)50(54-36-38-24-17-14-18-25-38)49(62-63(9,10)11)44(58-47)31-23-30-42-45(57-42)34-39-37-55-53(7,8)60-39/h14-30,39,42-50H,31-37H2,1-13H3/b30-23-/t39-,42-,43+,44-,45+,46-,47+,48+,49?,50-/m0/s1. The van der Waals surface area contributed by atoms with Gasteiger partial charge in [-0.2, -0.15) is 0 Å². The minimum atomic E-state index is -2.79. The molecule has 3 aromatic rings. The van der Waals surface area contributed by atoms with Gasteiger partial charge in [0.15, 0.2) is 22.4 Å². The van der Waals surface area contributed by atoms with Gasteiger partial charge in [-0.05, 0) is 85.4 Å². The number of ether oxygens (including phenoxy) is 6. The van der Waals surface area contributed by atoms with Gasteiger partial charge in [0.05, 0.1) is 49.8 Å². The Morgan fingerprint density at radius 1 is 0.708 bits per heavy atom. The van der Waals surface area contributed by atoms with Gasteiger partial charge in [0.25, 0.3) is 8.32 Å². The molecule has 0 aromatic heterocycles. The first kappa shape index (κ1) is 50.6. The van der Waals surface area contributed by atoms with Crippen LogP contribution in [-0.4, -0.2) is 105 Å². The van der Waals surface area contributed by atoms with E-state index in [1.807, 2.05) is 19.9 Å². The van der Waals surface area contributed by atoms with Crippen molar-refractivity contribution in [3.8, 4) is 0 Å². The molecule has 7 rings (SSSR count). The Kier molecular flexibility index (Phi) is 15.8. The van der Waals surface area contributed by atoms with Gasteiger partial charge in [-0.15, -0.1) is 0 Å². The number of benzene rings is 3. The molecular weight excluding hydrogens is 865 g/mol. The molecule has 4 heterocycles. The Bertz CT molecular complexity index is 1940. The number of epoxide rings is 1. The van der Waals surface area contributed by atoms with Crippen LogP contribution in [-0.2, 0) is 48.3 Å². The first-order valence-electron chi connectivity index (χ1n) is 24.3. The first-order valence-corrected chi connectivity index (χ1v) is 32.5. The van der Waals surface area contributed by atoms with E-state index in [0.717, 1.165) is 12.0 Å². The van der Waals surface area contributed by atoms with Gasteiger partial charge in [-0.25, -0.2) is 0 Å². The molecule has 9 nitrogen and oxygen atoms in total. The van der Waals surface area contributed by atoms with Crippen LogP contribution in [0.2, 0.25) is 42.8 Å². The van der Waals surface area contributed by atoms with Gasteiger partial charge in [0, 0.05) is 19.4 Å². The molecular formula is C53H80O9Si3. The van der Waals surface area contributed by atoms with E-state index in [4.69, 9.17) is 41.7 Å². The summed E-state index contributed by atoms with van der Waals surface area (Å²) in [6, 6.07) is 32.2. The Labute approximate surface area is 394 Å². The van der Waals surface area contributed by atoms with E-state index in [1.54, 1.807) is 0 Å². The largest absolute Gasteiger partial charge is 0.411 e. The predicted molar refractivity (Wildman–Crippen MR) is 267 cm³/mol. The van der Waals surface area contributed by atoms with Gasteiger partial charge < -0.3 is 41.7 Å². The Balaban J connectivity index is 1.17. The number of rotatable bonds is 18. The molecule has 3 aromatic carbocycles. The fourth-order valence-corrected chi connectivity index (χ4v) is 16.8. The van der Waals surface area contributed by atoms with Crippen molar-refractivity contribution in [3.63, 3.8) is 0 Å². The van der Waals surface area contributed by atoms with E-state index in [2.05, 4.69) is 171 Å². The normalized spacial score (nSPS) is 29.8. The highest BCUT2D eigenvalue weighted by Gasteiger charge is 2.56. The van der Waals surface area contributed by atoms with Gasteiger partial charge in [0.2, 0.25) is 0 Å². The Morgan fingerprint density at radius 3 is 1.88 bits per heavy atom. The fraction of sp³-hybridized carbons (Fsp3) is 0.623. The zero-order valence-corrected chi connectivity index (χ0v) is 44.7. The molecule has 4 saturated heterocycles. The molecule has 65 heavy (non-hydrogen) atoms. The third-order valence-electron chi connectivity index (χ3n) is 14.0. The summed E-state index contributed by atoms with van der Waals surface area (Å²) >= 11 is 0. The van der Waals surface area contributed by atoms with Crippen LogP contribution in [0.1, 0.15) is 86.6 Å². The molecule has 0 amide bonds. The molecule has 12 heteroatoms. The van der Waals surface area contributed by atoms with E-state index in [0.29, 0.717) is 39.1 Å². The second-order valence-corrected chi connectivity index (χ2v) is 36.3. The molecule has 10 atom stereocenters. The summed E-state index contributed by atoms with van der Waals surface area (Å²) in [5, 5.41) is 2.40. The van der Waals surface area contributed by atoms with Crippen LogP contribution >= 0.6 is 0 Å². The molecule has 0 aliphatic carbocycles. The van der Waals surface area contributed by atoms with Crippen molar-refractivity contribution in [2.75, 3.05) is 13.2 Å². The van der Waals surface area contributed by atoms with E-state index >= 15 is 0 Å². The van der Waals surface area contributed by atoms with Crippen LogP contribution in [0, 0.1) is 0 Å². The number of hydrogen-bond donors (Lipinski definition) is 0. The second-order valence-electron chi connectivity index (χ2n) is 22.8. The maximum absolute atomic E-state index is 7.51. The summed E-state index contributed by atoms with van der Waals surface area (Å²) in [4.78, 5) is 0. The molecule has 0 bridgehead atoms. The highest BCUT2D eigenvalue weighted by Crippen LogP contribution is 2.44. The SMILES string of the molecule is CC1(C)OC[C@H](C[C@H]2O[C@H]2/C=C\C[C@@H]2O[C@@H]3C[C@H](O[Si](C)(C)C(C)(C)C)[C@@H](CCO[Si](c4ccccc4)(c4ccccc4)C(C)(C)C)O[C@H]3[C@H](OCc3ccccc3)C2O[Si](C)(C)C)O1. The van der Waals surface area contributed by atoms with Gasteiger partial charge >= 0.3 is 0 Å². The molecule has 0 radical (unpaired) electrons. The van der Waals surface area contributed by atoms with Crippen LogP contribution in [0.4, 0.5) is 0 Å². The van der Waals surface area contributed by atoms with Crippen molar-refractivity contribution >= 4 is 35.3 Å². The van der Waals surface area contributed by atoms with Crippen LogP contribution in [0.3, 0.4) is 0 Å². The van der Waals surface area contributed by atoms with Crippen LogP contribution < -0.4 is 10.4 Å². The van der Waals surface area contributed by atoms with Crippen LogP contribution in [0.25, 0.3) is 0 Å². The van der Waals surface area contributed by atoms with Crippen molar-refractivity contribution in [3.05, 3.63) is 109 Å². The minimum absolute atomic E-state index is 0.00797. The summed E-state index contributed by atoms with van der Waals surface area (Å²) in [5.74, 6) is -0.540. The molecule has 0 N–H and O–H groups in total. The Hall–Kier alpha value is -2.31. The summed E-state index contributed by atoms with van der Waals surface area (Å²) in [6.07, 6.45) is 5.44. The van der Waals surface area contributed by atoms with Crippen molar-refractivity contribution in [1.29, 1.82) is 0 Å². The van der Waals surface area contributed by atoms with Crippen molar-refractivity contribution in [1.82, 2.24) is 0 Å². The molecule has 4 aliphatic heterocycles. The molecule has 0 saturated carbocycles. The minimum Gasteiger partial charge on any atom is -0.411 e. The lowest BCUT2D eigenvalue weighted by molar-refractivity contribution is -0.286. The maximum Gasteiger partial charge on any atom is 0.261 e. The smallest absolute Gasteiger partial charge is 0.261 e. The highest BCUT2D eigenvalue weighted by atomic mass is 28.4. The predicted octanol–water partition coefficient (Wildman–Crippen LogP) is 10.3. The number of fused-ring (bicyclic) bond motifs is 1. The lowest BCUT2D eigenvalue weighted by atomic mass is 9.86. The maximum atomic E-state index is 7.51. The van der Waals surface area contributed by atoms with Crippen molar-refractivity contribution in [2.24, 2.45) is 0 Å². The van der Waals surface area contributed by atoms with Gasteiger partial charge in [-0.1, -0.05) is 145 Å². The first-order chi connectivity index (χ1) is 30.6. The monoisotopic (exact) mass is 945 g/mol. The van der Waals surface area contributed by atoms with E-state index in [1.165, 1.54) is 10.4 Å². The zero-order chi connectivity index (χ0) is 46.8. The fourth-order valence-electron chi connectivity index (χ4n) is 9.74. The summed E-state index contributed by atoms with van der Waals surface area (Å²) < 4.78 is 61.9. The van der Waals surface area contributed by atoms with E-state index < -0.39 is 30.7 Å². The zero-order valence-electron chi connectivity index (χ0n) is 41.7. The molecule has 1 unspecified atom stereocenters. The summed E-state index contributed by atoms with van der Waals surface area (Å²) in [7, 11) is -7.17. The third kappa shape index (κ3) is 12.5. The van der Waals surface area contributed by atoms with Crippen molar-refractivity contribution < 1.29 is 41.7 Å². The van der Waals surface area contributed by atoms with Gasteiger partial charge in [0.1, 0.15) is 24.4 Å². The van der Waals surface area contributed by atoms with Crippen molar-refractivity contribution in [2.45, 2.75) is 197 Å². The molecule has 4 aliphatic rings. The van der Waals surface area contributed by atoms with Crippen LogP contribution in [0.15, 0.2) is 103 Å². The summed E-state index contributed by atoms with van der Waals surface area (Å²) in [6.45, 7) is 30.8. The molecule has 358 valence electrons. The van der Waals surface area contributed by atoms with E-state index in [9.17, 15) is 0 Å². The average Bonchev–Trinajstić information content (AvgIpc) is 3.87. The lowest BCUT2D eigenvalue weighted by Gasteiger charge is -2.54.